The zero-order valence-electron chi connectivity index (χ0n) is 15.2. The molecule has 0 N–H and O–H groups in total. The van der Waals surface area contributed by atoms with Gasteiger partial charge in [0.2, 0.25) is 0 Å². The molecule has 5 nitrogen and oxygen atoms in total. The predicted octanol–water partition coefficient (Wildman–Crippen LogP) is 3.70. The van der Waals surface area contributed by atoms with Gasteiger partial charge in [0.15, 0.2) is 0 Å². The molecule has 138 valence electrons. The lowest BCUT2D eigenvalue weighted by Crippen LogP contribution is -2.49. The maximum Gasteiger partial charge on any atom is 0.272 e. The Morgan fingerprint density at radius 2 is 1.70 bits per heavy atom. The molecular weight excluding hydrogens is 360 g/mol. The average Bonchev–Trinajstić information content (AvgIpc) is 3.10. The zero-order valence-corrected chi connectivity index (χ0v) is 15.9. The van der Waals surface area contributed by atoms with Crippen LogP contribution in [0.2, 0.25) is 5.02 Å². The van der Waals surface area contributed by atoms with Gasteiger partial charge in [0, 0.05) is 49.5 Å². The fourth-order valence-electron chi connectivity index (χ4n) is 3.42. The summed E-state index contributed by atoms with van der Waals surface area (Å²) in [5, 5.41) is 5.16. The molecule has 0 aliphatic carbocycles. The Kier molecular flexibility index (Phi) is 4.86. The van der Waals surface area contributed by atoms with E-state index in [-0.39, 0.29) is 5.91 Å². The van der Waals surface area contributed by atoms with Crippen LogP contribution in [0, 0.1) is 0 Å². The van der Waals surface area contributed by atoms with Crippen molar-refractivity contribution in [1.82, 2.24) is 14.7 Å². The molecule has 6 heteroatoms. The van der Waals surface area contributed by atoms with Crippen molar-refractivity contribution in [2.45, 2.75) is 0 Å². The lowest BCUT2D eigenvalue weighted by molar-refractivity contribution is 0.0735. The van der Waals surface area contributed by atoms with E-state index in [0.717, 1.165) is 24.3 Å². The second-order valence-electron chi connectivity index (χ2n) is 6.66. The Morgan fingerprint density at radius 3 is 2.41 bits per heavy atom. The number of aryl methyl sites for hydroxylation is 1. The van der Waals surface area contributed by atoms with Crippen LogP contribution >= 0.6 is 11.6 Å². The zero-order chi connectivity index (χ0) is 18.8. The number of carbonyl (C=O) groups excluding carboxylic acids is 1. The lowest BCUT2D eigenvalue weighted by atomic mass is 10.1. The van der Waals surface area contributed by atoms with Crippen LogP contribution in [0.4, 0.5) is 5.69 Å². The van der Waals surface area contributed by atoms with Gasteiger partial charge in [-0.2, -0.15) is 5.10 Å². The summed E-state index contributed by atoms with van der Waals surface area (Å²) in [6.45, 7) is 3.06. The number of para-hydroxylation sites is 1. The third-order valence-corrected chi connectivity index (χ3v) is 5.14. The molecule has 3 aromatic rings. The van der Waals surface area contributed by atoms with Crippen molar-refractivity contribution in [3.05, 3.63) is 71.4 Å². The van der Waals surface area contributed by atoms with E-state index in [1.54, 1.807) is 4.68 Å². The highest BCUT2D eigenvalue weighted by atomic mass is 35.5. The van der Waals surface area contributed by atoms with Gasteiger partial charge < -0.3 is 9.80 Å². The van der Waals surface area contributed by atoms with Crippen LogP contribution in [0.5, 0.6) is 0 Å². The van der Waals surface area contributed by atoms with Crippen LogP contribution < -0.4 is 4.90 Å². The minimum atomic E-state index is 0.0194. The summed E-state index contributed by atoms with van der Waals surface area (Å²) >= 11 is 6.08. The topological polar surface area (TPSA) is 41.4 Å². The monoisotopic (exact) mass is 380 g/mol. The van der Waals surface area contributed by atoms with Gasteiger partial charge in [0.05, 0.1) is 5.69 Å². The molecule has 1 fully saturated rings. The number of hydrogen-bond acceptors (Lipinski definition) is 3. The summed E-state index contributed by atoms with van der Waals surface area (Å²) in [6.07, 6.45) is 0. The number of amides is 1. The molecule has 1 aromatic heterocycles. The SMILES string of the molecule is Cn1nc(-c2cccc(Cl)c2)cc1C(=O)N1CCN(c2ccccc2)CC1. The number of carbonyl (C=O) groups is 1. The molecule has 0 spiro atoms. The number of halogens is 1. The van der Waals surface area contributed by atoms with Gasteiger partial charge in [-0.1, -0.05) is 41.9 Å². The average molecular weight is 381 g/mol. The molecule has 27 heavy (non-hydrogen) atoms. The van der Waals surface area contributed by atoms with Crippen LogP contribution in [0.15, 0.2) is 60.7 Å². The quantitative estimate of drug-likeness (QED) is 0.695. The van der Waals surface area contributed by atoms with Crippen molar-refractivity contribution >= 4 is 23.2 Å². The second-order valence-corrected chi connectivity index (χ2v) is 7.10. The van der Waals surface area contributed by atoms with Gasteiger partial charge in [-0.25, -0.2) is 0 Å². The molecule has 0 unspecified atom stereocenters. The van der Waals surface area contributed by atoms with Gasteiger partial charge in [0.1, 0.15) is 5.69 Å². The predicted molar refractivity (Wildman–Crippen MR) is 108 cm³/mol. The van der Waals surface area contributed by atoms with Crippen LogP contribution in [-0.2, 0) is 7.05 Å². The van der Waals surface area contributed by atoms with Gasteiger partial charge in [0.25, 0.3) is 5.91 Å². The standard InChI is InChI=1S/C21H21ClN4O/c1-24-20(15-19(23-24)16-6-5-7-17(22)14-16)21(27)26-12-10-25(11-13-26)18-8-3-2-4-9-18/h2-9,14-15H,10-13H2,1H3. The maximum atomic E-state index is 13.0. The summed E-state index contributed by atoms with van der Waals surface area (Å²) in [6, 6.07) is 19.7. The van der Waals surface area contributed by atoms with Crippen molar-refractivity contribution < 1.29 is 4.79 Å². The summed E-state index contributed by atoms with van der Waals surface area (Å²) in [5.74, 6) is 0.0194. The van der Waals surface area contributed by atoms with Crippen molar-refractivity contribution in [3.63, 3.8) is 0 Å². The van der Waals surface area contributed by atoms with Crippen LogP contribution in [0.1, 0.15) is 10.5 Å². The molecule has 0 atom stereocenters. The Morgan fingerprint density at radius 1 is 0.963 bits per heavy atom. The van der Waals surface area contributed by atoms with Gasteiger partial charge >= 0.3 is 0 Å². The largest absolute Gasteiger partial charge is 0.368 e. The number of benzene rings is 2. The first-order valence-corrected chi connectivity index (χ1v) is 9.39. The van der Waals surface area contributed by atoms with Crippen molar-refractivity contribution in [1.29, 1.82) is 0 Å². The lowest BCUT2D eigenvalue weighted by Gasteiger charge is -2.36. The Hall–Kier alpha value is -2.79. The van der Waals surface area contributed by atoms with Gasteiger partial charge in [-0.05, 0) is 30.3 Å². The first-order valence-electron chi connectivity index (χ1n) is 9.01. The molecule has 0 radical (unpaired) electrons. The fraction of sp³-hybridized carbons (Fsp3) is 0.238. The molecule has 1 amide bonds. The molecule has 1 saturated heterocycles. The summed E-state index contributed by atoms with van der Waals surface area (Å²) in [7, 11) is 1.81. The summed E-state index contributed by atoms with van der Waals surface area (Å²) in [4.78, 5) is 17.2. The van der Waals surface area contributed by atoms with Crippen molar-refractivity contribution in [2.75, 3.05) is 31.1 Å². The smallest absolute Gasteiger partial charge is 0.272 e. The van der Waals surface area contributed by atoms with E-state index in [2.05, 4.69) is 22.1 Å². The first kappa shape index (κ1) is 17.6. The number of rotatable bonds is 3. The summed E-state index contributed by atoms with van der Waals surface area (Å²) in [5.41, 5.74) is 3.46. The highest BCUT2D eigenvalue weighted by Crippen LogP contribution is 2.23. The van der Waals surface area contributed by atoms with E-state index in [4.69, 9.17) is 11.6 Å². The molecule has 1 aliphatic rings. The fourth-order valence-corrected chi connectivity index (χ4v) is 3.62. The third kappa shape index (κ3) is 3.69. The third-order valence-electron chi connectivity index (χ3n) is 4.91. The Labute approximate surface area is 163 Å². The van der Waals surface area contributed by atoms with E-state index in [1.165, 1.54) is 5.69 Å². The number of aromatic nitrogens is 2. The van der Waals surface area contributed by atoms with Gasteiger partial charge in [-0.3, -0.25) is 9.48 Å². The molecule has 4 rings (SSSR count). The normalized spacial score (nSPS) is 14.4. The van der Waals surface area contributed by atoms with Crippen LogP contribution in [-0.4, -0.2) is 46.8 Å². The highest BCUT2D eigenvalue weighted by Gasteiger charge is 2.25. The van der Waals surface area contributed by atoms with Crippen molar-refractivity contribution in [3.8, 4) is 11.3 Å². The van der Waals surface area contributed by atoms with Crippen LogP contribution in [0.3, 0.4) is 0 Å². The minimum absolute atomic E-state index is 0.0194. The van der Waals surface area contributed by atoms with E-state index in [9.17, 15) is 4.79 Å². The molecule has 0 saturated carbocycles. The maximum absolute atomic E-state index is 13.0. The van der Waals surface area contributed by atoms with Crippen molar-refractivity contribution in [2.24, 2.45) is 7.05 Å². The Bertz CT molecular complexity index is 946. The molecule has 1 aliphatic heterocycles. The van der Waals surface area contributed by atoms with E-state index < -0.39 is 0 Å². The number of hydrogen-bond donors (Lipinski definition) is 0. The number of anilines is 1. The van der Waals surface area contributed by atoms with E-state index in [1.807, 2.05) is 60.5 Å². The molecular formula is C21H21ClN4O. The minimum Gasteiger partial charge on any atom is -0.368 e. The van der Waals surface area contributed by atoms with Crippen LogP contribution in [0.25, 0.3) is 11.3 Å². The van der Waals surface area contributed by atoms with E-state index in [0.29, 0.717) is 23.8 Å². The molecule has 2 heterocycles. The van der Waals surface area contributed by atoms with Gasteiger partial charge in [-0.15, -0.1) is 0 Å². The first-order chi connectivity index (χ1) is 13.1. The summed E-state index contributed by atoms with van der Waals surface area (Å²) < 4.78 is 1.65. The molecule has 0 bridgehead atoms. The molecule has 2 aromatic carbocycles. The second kappa shape index (κ2) is 7.45. The van der Waals surface area contributed by atoms with E-state index >= 15 is 0 Å². The highest BCUT2D eigenvalue weighted by molar-refractivity contribution is 6.30. The number of piperazine rings is 1. The number of nitrogens with zero attached hydrogens (tertiary/aromatic N) is 4. The Balaban J connectivity index is 1.48.